The Morgan fingerprint density at radius 2 is 2.00 bits per heavy atom. The molecule has 142 valence electrons. The molecular formula is C22H30O4. The second-order valence-electron chi connectivity index (χ2n) is 9.20. The number of carbonyl (C=O) groups excluding carboxylic acids is 2. The molecule has 1 aromatic carbocycles. The third-order valence-electron chi connectivity index (χ3n) is 6.69. The standard InChI is InChI=1S/C22H30O4/c1-14(23)26-13-21(4)9-6-10-22(5)17-8-7-15(20(2,3)25)11-16(17)18(24)12-19(21)22/h7-8,11,19,25H,6,9-10,12-13H2,1-5H3/t19-,21-,22+/m0/s1. The van der Waals surface area contributed by atoms with Gasteiger partial charge in [0.25, 0.3) is 0 Å². The van der Waals surface area contributed by atoms with E-state index >= 15 is 0 Å². The SMILES string of the molecule is CC(=O)OC[C@]1(C)CCC[C@]2(C)c3ccc(C(C)(C)O)cc3C(=O)C[C@@H]12. The summed E-state index contributed by atoms with van der Waals surface area (Å²) in [4.78, 5) is 24.3. The van der Waals surface area contributed by atoms with Gasteiger partial charge in [0.15, 0.2) is 5.78 Å². The molecule has 3 atom stereocenters. The molecule has 0 unspecified atom stereocenters. The Kier molecular flexibility index (Phi) is 4.55. The zero-order chi connectivity index (χ0) is 19.3. The van der Waals surface area contributed by atoms with Gasteiger partial charge in [-0.3, -0.25) is 9.59 Å². The highest BCUT2D eigenvalue weighted by molar-refractivity contribution is 5.99. The second-order valence-corrected chi connectivity index (χ2v) is 9.20. The number of Topliss-reactive ketones (excluding diaryl/α,β-unsaturated/α-hetero) is 1. The maximum absolute atomic E-state index is 13.0. The van der Waals surface area contributed by atoms with Gasteiger partial charge in [0.2, 0.25) is 0 Å². The van der Waals surface area contributed by atoms with Gasteiger partial charge in [-0.1, -0.05) is 32.4 Å². The smallest absolute Gasteiger partial charge is 0.302 e. The number of fused-ring (bicyclic) bond motifs is 3. The number of esters is 1. The van der Waals surface area contributed by atoms with E-state index in [0.717, 1.165) is 36.0 Å². The van der Waals surface area contributed by atoms with Crippen LogP contribution >= 0.6 is 0 Å². The summed E-state index contributed by atoms with van der Waals surface area (Å²) >= 11 is 0. The van der Waals surface area contributed by atoms with Gasteiger partial charge in [-0.2, -0.15) is 0 Å². The maximum atomic E-state index is 13.0. The average Bonchev–Trinajstić information content (AvgIpc) is 2.54. The first-order valence-corrected chi connectivity index (χ1v) is 9.51. The third-order valence-corrected chi connectivity index (χ3v) is 6.69. The Hall–Kier alpha value is -1.68. The molecule has 1 fully saturated rings. The molecule has 0 radical (unpaired) electrons. The molecule has 3 rings (SSSR count). The molecule has 0 aliphatic heterocycles. The lowest BCUT2D eigenvalue weighted by molar-refractivity contribution is -0.148. The molecule has 2 aliphatic carbocycles. The molecule has 0 bridgehead atoms. The monoisotopic (exact) mass is 358 g/mol. The highest BCUT2D eigenvalue weighted by Crippen LogP contribution is 2.57. The van der Waals surface area contributed by atoms with E-state index in [1.807, 2.05) is 18.2 Å². The molecule has 0 amide bonds. The molecule has 0 aromatic heterocycles. The van der Waals surface area contributed by atoms with Crippen LogP contribution in [-0.4, -0.2) is 23.5 Å². The van der Waals surface area contributed by atoms with Crippen LogP contribution in [0.15, 0.2) is 18.2 Å². The number of benzene rings is 1. The first-order chi connectivity index (χ1) is 12.0. The maximum Gasteiger partial charge on any atom is 0.302 e. The van der Waals surface area contributed by atoms with Crippen LogP contribution in [0.5, 0.6) is 0 Å². The van der Waals surface area contributed by atoms with Gasteiger partial charge in [-0.15, -0.1) is 0 Å². The molecule has 1 aromatic rings. The van der Waals surface area contributed by atoms with E-state index in [1.54, 1.807) is 13.8 Å². The minimum atomic E-state index is -0.969. The van der Waals surface area contributed by atoms with E-state index in [0.29, 0.717) is 13.0 Å². The van der Waals surface area contributed by atoms with Crippen LogP contribution in [0.1, 0.15) is 81.8 Å². The lowest BCUT2D eigenvalue weighted by Crippen LogP contribution is -2.52. The fourth-order valence-corrected chi connectivity index (χ4v) is 5.16. The van der Waals surface area contributed by atoms with Crippen molar-refractivity contribution in [3.05, 3.63) is 34.9 Å². The van der Waals surface area contributed by atoms with E-state index in [1.165, 1.54) is 6.92 Å². The highest BCUT2D eigenvalue weighted by Gasteiger charge is 2.54. The lowest BCUT2D eigenvalue weighted by Gasteiger charge is -2.54. The first-order valence-electron chi connectivity index (χ1n) is 9.51. The molecule has 0 saturated heterocycles. The number of hydrogen-bond acceptors (Lipinski definition) is 4. The lowest BCUT2D eigenvalue weighted by atomic mass is 9.49. The minimum absolute atomic E-state index is 0.117. The Morgan fingerprint density at radius 1 is 1.31 bits per heavy atom. The quantitative estimate of drug-likeness (QED) is 0.825. The summed E-state index contributed by atoms with van der Waals surface area (Å²) in [5.41, 5.74) is 1.32. The Labute approximate surface area is 155 Å². The Bertz CT molecular complexity index is 745. The fourth-order valence-electron chi connectivity index (χ4n) is 5.16. The number of hydrogen-bond donors (Lipinski definition) is 1. The van der Waals surface area contributed by atoms with Crippen molar-refractivity contribution in [2.45, 2.75) is 71.3 Å². The number of ether oxygens (including phenoxy) is 1. The Morgan fingerprint density at radius 3 is 2.62 bits per heavy atom. The van der Waals surface area contributed by atoms with Gasteiger partial charge >= 0.3 is 5.97 Å². The van der Waals surface area contributed by atoms with Crippen molar-refractivity contribution in [3.8, 4) is 0 Å². The molecule has 0 heterocycles. The zero-order valence-electron chi connectivity index (χ0n) is 16.5. The average molecular weight is 358 g/mol. The van der Waals surface area contributed by atoms with Crippen LogP contribution in [0, 0.1) is 11.3 Å². The molecule has 2 aliphatic rings. The minimum Gasteiger partial charge on any atom is -0.465 e. The summed E-state index contributed by atoms with van der Waals surface area (Å²) in [5, 5.41) is 10.3. The van der Waals surface area contributed by atoms with Crippen molar-refractivity contribution in [3.63, 3.8) is 0 Å². The van der Waals surface area contributed by atoms with Crippen molar-refractivity contribution in [2.75, 3.05) is 6.61 Å². The predicted octanol–water partition coefficient (Wildman–Crippen LogP) is 4.13. The molecule has 0 spiro atoms. The molecular weight excluding hydrogens is 328 g/mol. The van der Waals surface area contributed by atoms with E-state index in [2.05, 4.69) is 13.8 Å². The summed E-state index contributed by atoms with van der Waals surface area (Å²) < 4.78 is 5.38. The van der Waals surface area contributed by atoms with Crippen LogP contribution in [0.25, 0.3) is 0 Å². The topological polar surface area (TPSA) is 63.6 Å². The van der Waals surface area contributed by atoms with Crippen molar-refractivity contribution in [1.29, 1.82) is 0 Å². The van der Waals surface area contributed by atoms with Crippen LogP contribution in [0.3, 0.4) is 0 Å². The first kappa shape index (κ1) is 19.1. The second kappa shape index (κ2) is 6.19. The Balaban J connectivity index is 2.05. The summed E-state index contributed by atoms with van der Waals surface area (Å²) in [7, 11) is 0. The number of ketones is 1. The molecule has 4 heteroatoms. The molecule has 1 N–H and O–H groups in total. The predicted molar refractivity (Wildman–Crippen MR) is 100 cm³/mol. The third kappa shape index (κ3) is 3.09. The van der Waals surface area contributed by atoms with Crippen LogP contribution < -0.4 is 0 Å². The summed E-state index contributed by atoms with van der Waals surface area (Å²) in [6, 6.07) is 5.85. The van der Waals surface area contributed by atoms with Gasteiger partial charge in [-0.25, -0.2) is 0 Å². The molecule has 4 nitrogen and oxygen atoms in total. The normalized spacial score (nSPS) is 31.2. The van der Waals surface area contributed by atoms with Gasteiger partial charge in [0.05, 0.1) is 12.2 Å². The fraction of sp³-hybridized carbons (Fsp3) is 0.636. The highest BCUT2D eigenvalue weighted by atomic mass is 16.5. The van der Waals surface area contributed by atoms with Crippen molar-refractivity contribution in [1.82, 2.24) is 0 Å². The van der Waals surface area contributed by atoms with E-state index in [9.17, 15) is 14.7 Å². The largest absolute Gasteiger partial charge is 0.465 e. The molecule has 26 heavy (non-hydrogen) atoms. The van der Waals surface area contributed by atoms with Crippen LogP contribution in [0.4, 0.5) is 0 Å². The van der Waals surface area contributed by atoms with Crippen molar-refractivity contribution in [2.24, 2.45) is 11.3 Å². The van der Waals surface area contributed by atoms with Gasteiger partial charge in [-0.05, 0) is 55.2 Å². The number of carbonyl (C=O) groups is 2. The van der Waals surface area contributed by atoms with Gasteiger partial charge < -0.3 is 9.84 Å². The van der Waals surface area contributed by atoms with E-state index in [-0.39, 0.29) is 28.5 Å². The van der Waals surface area contributed by atoms with E-state index in [4.69, 9.17) is 4.74 Å². The summed E-state index contributed by atoms with van der Waals surface area (Å²) in [6.45, 7) is 9.68. The van der Waals surface area contributed by atoms with Gasteiger partial charge in [0.1, 0.15) is 0 Å². The van der Waals surface area contributed by atoms with Crippen molar-refractivity contribution >= 4 is 11.8 Å². The van der Waals surface area contributed by atoms with Crippen LogP contribution in [0.2, 0.25) is 0 Å². The van der Waals surface area contributed by atoms with E-state index < -0.39 is 5.60 Å². The molecule has 1 saturated carbocycles. The number of aliphatic hydroxyl groups is 1. The zero-order valence-corrected chi connectivity index (χ0v) is 16.5. The van der Waals surface area contributed by atoms with Gasteiger partial charge in [0, 0.05) is 24.3 Å². The van der Waals surface area contributed by atoms with Crippen molar-refractivity contribution < 1.29 is 19.4 Å². The summed E-state index contributed by atoms with van der Waals surface area (Å²) in [5.74, 6) is 0.0106. The van der Waals surface area contributed by atoms with Crippen LogP contribution in [-0.2, 0) is 20.5 Å². The summed E-state index contributed by atoms with van der Waals surface area (Å²) in [6.07, 6.45) is 3.50. The number of rotatable bonds is 3.